The second kappa shape index (κ2) is 9.99. The number of halogens is 3. The number of nitrogens with two attached hydrogens (primary N) is 1. The average Bonchev–Trinajstić information content (AvgIpc) is 3.08. The monoisotopic (exact) mass is 467 g/mol. The average molecular weight is 468 g/mol. The van der Waals surface area contributed by atoms with Gasteiger partial charge in [0.1, 0.15) is 17.5 Å². The number of rotatable bonds is 8. The lowest BCUT2D eigenvalue weighted by Crippen LogP contribution is -2.53. The Balaban J connectivity index is 1.56. The molecular weight excluding hydrogens is 439 g/mol. The summed E-state index contributed by atoms with van der Waals surface area (Å²) >= 11 is 0. The van der Waals surface area contributed by atoms with E-state index in [0.717, 1.165) is 34.7 Å². The highest BCUT2D eigenvalue weighted by Crippen LogP contribution is 2.44. The number of fused-ring (bicyclic) bond motifs is 3. The third kappa shape index (κ3) is 5.16. The fraction of sp³-hybridized carbons (Fsp3) is 0.296. The zero-order valence-corrected chi connectivity index (χ0v) is 19.2. The van der Waals surface area contributed by atoms with Crippen LogP contribution in [0.25, 0.3) is 11.1 Å². The highest BCUT2D eigenvalue weighted by Gasteiger charge is 2.30. The minimum Gasteiger partial charge on any atom is -0.352 e. The Morgan fingerprint density at radius 2 is 1.65 bits per heavy atom. The van der Waals surface area contributed by atoms with Crippen molar-refractivity contribution in [3.05, 3.63) is 94.3 Å². The molecule has 3 aromatic carbocycles. The molecule has 4 N–H and O–H groups in total. The molecule has 1 aliphatic carbocycles. The first-order valence-corrected chi connectivity index (χ1v) is 11.4. The van der Waals surface area contributed by atoms with E-state index in [1.807, 2.05) is 12.1 Å². The van der Waals surface area contributed by atoms with E-state index in [2.05, 4.69) is 23.6 Å². The van der Waals surface area contributed by atoms with Crippen LogP contribution in [0.1, 0.15) is 42.1 Å². The van der Waals surface area contributed by atoms with Gasteiger partial charge in [0.05, 0.1) is 6.04 Å². The van der Waals surface area contributed by atoms with Crippen molar-refractivity contribution in [3.63, 3.8) is 0 Å². The molecule has 3 aromatic rings. The number of carbonyl (C=O) groups excluding carboxylic acids is 1. The van der Waals surface area contributed by atoms with Gasteiger partial charge in [0.15, 0.2) is 0 Å². The van der Waals surface area contributed by atoms with Gasteiger partial charge in [-0.05, 0) is 70.5 Å². The van der Waals surface area contributed by atoms with Gasteiger partial charge in [-0.15, -0.1) is 0 Å². The number of nitrogens with one attached hydrogen (secondary N) is 2. The van der Waals surface area contributed by atoms with Crippen molar-refractivity contribution < 1.29 is 18.0 Å². The molecule has 0 heterocycles. The highest BCUT2D eigenvalue weighted by atomic mass is 19.1. The standard InChI is InChI=1S/C27H28F3N3O/c1-3-16-4-6-21-23-13-18(28)5-7-22(23)27(24(21)10-16)32-14-25(31)26(33-15(2)34)11-17-8-19(29)12-20(30)9-17/h4-10,12-13,25-27,32H,3,11,14,31H2,1-2H3,(H,33,34)/t25-,26-,27?/m0/s1. The second-order valence-electron chi connectivity index (χ2n) is 8.80. The number of amides is 1. The van der Waals surface area contributed by atoms with Crippen molar-refractivity contribution in [3.8, 4) is 11.1 Å². The van der Waals surface area contributed by atoms with Crippen LogP contribution in [0.4, 0.5) is 13.2 Å². The summed E-state index contributed by atoms with van der Waals surface area (Å²) in [5.41, 5.74) is 11.9. The third-order valence-electron chi connectivity index (χ3n) is 6.29. The minimum atomic E-state index is -0.679. The van der Waals surface area contributed by atoms with Gasteiger partial charge in [0.25, 0.3) is 0 Å². The summed E-state index contributed by atoms with van der Waals surface area (Å²) in [7, 11) is 0. The topological polar surface area (TPSA) is 67.2 Å². The lowest BCUT2D eigenvalue weighted by atomic mass is 9.98. The molecule has 0 saturated carbocycles. The molecule has 0 spiro atoms. The van der Waals surface area contributed by atoms with Gasteiger partial charge in [-0.25, -0.2) is 13.2 Å². The predicted octanol–water partition coefficient (Wildman–Crippen LogP) is 4.40. The molecule has 0 aliphatic heterocycles. The van der Waals surface area contributed by atoms with Crippen LogP contribution in [0.3, 0.4) is 0 Å². The molecule has 7 heteroatoms. The molecule has 1 amide bonds. The molecule has 178 valence electrons. The fourth-order valence-corrected chi connectivity index (χ4v) is 4.67. The Bertz CT molecular complexity index is 1190. The SMILES string of the molecule is CCc1ccc2c(c1)C(NC[C@H](N)[C@H](Cc1cc(F)cc(F)c1)NC(C)=O)c1ccc(F)cc1-2. The van der Waals surface area contributed by atoms with Crippen LogP contribution >= 0.6 is 0 Å². The third-order valence-corrected chi connectivity index (χ3v) is 6.29. The van der Waals surface area contributed by atoms with Gasteiger partial charge < -0.3 is 16.4 Å². The molecule has 0 fully saturated rings. The van der Waals surface area contributed by atoms with Crippen LogP contribution in [0, 0.1) is 17.5 Å². The molecule has 1 aliphatic rings. The zero-order valence-electron chi connectivity index (χ0n) is 19.2. The summed E-state index contributed by atoms with van der Waals surface area (Å²) in [6.07, 6.45) is 1.05. The van der Waals surface area contributed by atoms with Crippen molar-refractivity contribution >= 4 is 5.91 Å². The van der Waals surface area contributed by atoms with Crippen molar-refractivity contribution in [2.24, 2.45) is 5.73 Å². The normalized spacial score (nSPS) is 16.0. The summed E-state index contributed by atoms with van der Waals surface area (Å²) in [5.74, 6) is -1.94. The van der Waals surface area contributed by atoms with E-state index in [1.165, 1.54) is 30.7 Å². The smallest absolute Gasteiger partial charge is 0.217 e. The van der Waals surface area contributed by atoms with Gasteiger partial charge in [-0.1, -0.05) is 31.2 Å². The van der Waals surface area contributed by atoms with Crippen LogP contribution in [0.5, 0.6) is 0 Å². The van der Waals surface area contributed by atoms with E-state index in [1.54, 1.807) is 12.1 Å². The van der Waals surface area contributed by atoms with Crippen LogP contribution in [-0.2, 0) is 17.6 Å². The number of hydrogen-bond donors (Lipinski definition) is 3. The number of aryl methyl sites for hydroxylation is 1. The Morgan fingerprint density at radius 1 is 0.912 bits per heavy atom. The maximum Gasteiger partial charge on any atom is 0.217 e. The van der Waals surface area contributed by atoms with E-state index in [0.29, 0.717) is 12.1 Å². The Labute approximate surface area is 197 Å². The van der Waals surface area contributed by atoms with Gasteiger partial charge >= 0.3 is 0 Å². The van der Waals surface area contributed by atoms with Gasteiger partial charge in [-0.3, -0.25) is 4.79 Å². The van der Waals surface area contributed by atoms with Crippen LogP contribution in [0.2, 0.25) is 0 Å². The van der Waals surface area contributed by atoms with Crippen molar-refractivity contribution in [2.45, 2.75) is 44.8 Å². The van der Waals surface area contributed by atoms with Crippen molar-refractivity contribution in [2.75, 3.05) is 6.54 Å². The first kappa shape index (κ1) is 24.0. The van der Waals surface area contributed by atoms with E-state index in [4.69, 9.17) is 5.73 Å². The summed E-state index contributed by atoms with van der Waals surface area (Å²) < 4.78 is 41.3. The van der Waals surface area contributed by atoms with Crippen LogP contribution in [0.15, 0.2) is 54.6 Å². The quantitative estimate of drug-likeness (QED) is 0.460. The van der Waals surface area contributed by atoms with Crippen molar-refractivity contribution in [1.82, 2.24) is 10.6 Å². The Kier molecular flexibility index (Phi) is 7.05. The summed E-state index contributed by atoms with van der Waals surface area (Å²) in [5, 5.41) is 6.29. The molecular formula is C27H28F3N3O. The second-order valence-corrected chi connectivity index (χ2v) is 8.80. The molecule has 0 radical (unpaired) electrons. The van der Waals surface area contributed by atoms with E-state index < -0.39 is 23.7 Å². The maximum atomic E-state index is 14.0. The highest BCUT2D eigenvalue weighted by molar-refractivity contribution is 5.79. The fourth-order valence-electron chi connectivity index (χ4n) is 4.67. The van der Waals surface area contributed by atoms with Crippen molar-refractivity contribution in [1.29, 1.82) is 0 Å². The molecule has 34 heavy (non-hydrogen) atoms. The molecule has 0 aromatic heterocycles. The number of carbonyl (C=O) groups is 1. The summed E-state index contributed by atoms with van der Waals surface area (Å²) in [6.45, 7) is 3.78. The first-order valence-electron chi connectivity index (χ1n) is 11.4. The summed E-state index contributed by atoms with van der Waals surface area (Å²) in [4.78, 5) is 11.8. The van der Waals surface area contributed by atoms with Gasteiger partial charge in [0.2, 0.25) is 5.91 Å². The number of hydrogen-bond acceptors (Lipinski definition) is 3. The molecule has 0 bridgehead atoms. The minimum absolute atomic E-state index is 0.181. The van der Waals surface area contributed by atoms with E-state index >= 15 is 0 Å². The molecule has 4 nitrogen and oxygen atoms in total. The Morgan fingerprint density at radius 3 is 2.32 bits per heavy atom. The summed E-state index contributed by atoms with van der Waals surface area (Å²) in [6, 6.07) is 13.0. The molecule has 1 unspecified atom stereocenters. The largest absolute Gasteiger partial charge is 0.352 e. The number of benzene rings is 3. The van der Waals surface area contributed by atoms with Crippen LogP contribution in [-0.4, -0.2) is 24.5 Å². The molecule has 4 rings (SSSR count). The van der Waals surface area contributed by atoms with Crippen LogP contribution < -0.4 is 16.4 Å². The van der Waals surface area contributed by atoms with E-state index in [-0.39, 0.29) is 24.2 Å². The van der Waals surface area contributed by atoms with E-state index in [9.17, 15) is 18.0 Å². The van der Waals surface area contributed by atoms with Gasteiger partial charge in [0, 0.05) is 31.6 Å². The lowest BCUT2D eigenvalue weighted by Gasteiger charge is -2.27. The van der Waals surface area contributed by atoms with Gasteiger partial charge in [-0.2, -0.15) is 0 Å². The zero-order chi connectivity index (χ0) is 24.4. The maximum absolute atomic E-state index is 14.0. The molecule has 3 atom stereocenters. The lowest BCUT2D eigenvalue weighted by molar-refractivity contribution is -0.119. The first-order chi connectivity index (χ1) is 16.2. The molecule has 0 saturated heterocycles. The predicted molar refractivity (Wildman–Crippen MR) is 127 cm³/mol. The Hall–Kier alpha value is -3.16.